The van der Waals surface area contributed by atoms with Crippen LogP contribution in [-0.2, 0) is 9.47 Å². The summed E-state index contributed by atoms with van der Waals surface area (Å²) in [7, 11) is 1.33. The molecule has 1 fully saturated rings. The van der Waals surface area contributed by atoms with Crippen molar-refractivity contribution in [3.63, 3.8) is 0 Å². The fourth-order valence-electron chi connectivity index (χ4n) is 3.38. The molecule has 1 aliphatic rings. The van der Waals surface area contributed by atoms with Gasteiger partial charge in [0, 0.05) is 5.69 Å². The molecule has 0 radical (unpaired) electrons. The zero-order valence-electron chi connectivity index (χ0n) is 14.9. The lowest BCUT2D eigenvalue weighted by Gasteiger charge is -2.36. The number of methoxy groups -OCH3 is 1. The maximum Gasteiger partial charge on any atom is 0.411 e. The standard InChI is InChI=1S/C19H27NO4/c1-12(2)16-9-8-13(3)10-17(16)24-19(22)20-15-7-5-6-14(11-15)18(21)23-4/h5-7,11-13,16-17H,8-10H2,1-4H3,(H,20,22). The fourth-order valence-corrected chi connectivity index (χ4v) is 3.38. The third-order valence-corrected chi connectivity index (χ3v) is 4.75. The summed E-state index contributed by atoms with van der Waals surface area (Å²) < 4.78 is 10.4. The predicted molar refractivity (Wildman–Crippen MR) is 93.0 cm³/mol. The van der Waals surface area contributed by atoms with Crippen LogP contribution < -0.4 is 5.32 Å². The summed E-state index contributed by atoms with van der Waals surface area (Å²) >= 11 is 0. The number of hydrogen-bond acceptors (Lipinski definition) is 4. The van der Waals surface area contributed by atoms with E-state index >= 15 is 0 Å². The third-order valence-electron chi connectivity index (χ3n) is 4.75. The summed E-state index contributed by atoms with van der Waals surface area (Å²) in [5.41, 5.74) is 0.912. The Morgan fingerprint density at radius 1 is 1.25 bits per heavy atom. The fraction of sp³-hybridized carbons (Fsp3) is 0.579. The number of rotatable bonds is 4. The van der Waals surface area contributed by atoms with Crippen LogP contribution >= 0.6 is 0 Å². The van der Waals surface area contributed by atoms with Gasteiger partial charge in [-0.05, 0) is 48.8 Å². The molecule has 1 aliphatic carbocycles. The number of carbonyl (C=O) groups excluding carboxylic acids is 2. The molecule has 5 nitrogen and oxygen atoms in total. The van der Waals surface area contributed by atoms with Crippen molar-refractivity contribution in [3.8, 4) is 0 Å². The lowest BCUT2D eigenvalue weighted by molar-refractivity contribution is 0.0126. The molecular formula is C19H27NO4. The van der Waals surface area contributed by atoms with Crippen molar-refractivity contribution in [1.82, 2.24) is 0 Å². The van der Waals surface area contributed by atoms with Crippen molar-refractivity contribution in [3.05, 3.63) is 29.8 Å². The van der Waals surface area contributed by atoms with Crippen molar-refractivity contribution in [2.75, 3.05) is 12.4 Å². The van der Waals surface area contributed by atoms with E-state index in [4.69, 9.17) is 4.74 Å². The van der Waals surface area contributed by atoms with Crippen LogP contribution in [0.3, 0.4) is 0 Å². The minimum absolute atomic E-state index is 0.0578. The summed E-state index contributed by atoms with van der Waals surface area (Å²) in [5.74, 6) is 1.01. The van der Waals surface area contributed by atoms with Crippen molar-refractivity contribution in [1.29, 1.82) is 0 Å². The van der Waals surface area contributed by atoms with Crippen LogP contribution in [-0.4, -0.2) is 25.3 Å². The minimum atomic E-state index is -0.471. The van der Waals surface area contributed by atoms with Gasteiger partial charge in [0.15, 0.2) is 0 Å². The summed E-state index contributed by atoms with van der Waals surface area (Å²) in [6.45, 7) is 6.55. The molecule has 5 heteroatoms. The normalized spacial score (nSPS) is 23.6. The van der Waals surface area contributed by atoms with Gasteiger partial charge in [-0.2, -0.15) is 0 Å². The summed E-state index contributed by atoms with van der Waals surface area (Å²) in [4.78, 5) is 23.8. The zero-order chi connectivity index (χ0) is 17.7. The Kier molecular flexibility index (Phi) is 6.23. The molecule has 1 aromatic carbocycles. The van der Waals surface area contributed by atoms with Crippen LogP contribution in [0.1, 0.15) is 50.4 Å². The lowest BCUT2D eigenvalue weighted by Crippen LogP contribution is -2.36. The lowest BCUT2D eigenvalue weighted by atomic mass is 9.75. The third kappa shape index (κ3) is 4.73. The molecule has 3 unspecified atom stereocenters. The van der Waals surface area contributed by atoms with Crippen molar-refractivity contribution >= 4 is 17.7 Å². The van der Waals surface area contributed by atoms with Gasteiger partial charge in [-0.3, -0.25) is 5.32 Å². The van der Waals surface area contributed by atoms with Crippen molar-refractivity contribution in [2.24, 2.45) is 17.8 Å². The van der Waals surface area contributed by atoms with E-state index in [2.05, 4.69) is 30.8 Å². The first kappa shape index (κ1) is 18.3. The van der Waals surface area contributed by atoms with Gasteiger partial charge in [-0.15, -0.1) is 0 Å². The highest BCUT2D eigenvalue weighted by molar-refractivity contribution is 5.92. The Hall–Kier alpha value is -2.04. The van der Waals surface area contributed by atoms with Gasteiger partial charge in [0.25, 0.3) is 0 Å². The van der Waals surface area contributed by atoms with E-state index in [9.17, 15) is 9.59 Å². The Balaban J connectivity index is 2.00. The molecule has 1 N–H and O–H groups in total. The average Bonchev–Trinajstić information content (AvgIpc) is 2.54. The molecular weight excluding hydrogens is 306 g/mol. The molecule has 2 rings (SSSR count). The Morgan fingerprint density at radius 3 is 2.67 bits per heavy atom. The summed E-state index contributed by atoms with van der Waals surface area (Å²) in [6.07, 6.45) is 2.65. The quantitative estimate of drug-likeness (QED) is 0.825. The number of hydrogen-bond donors (Lipinski definition) is 1. The van der Waals surface area contributed by atoms with E-state index in [1.807, 2.05) is 0 Å². The van der Waals surface area contributed by atoms with Gasteiger partial charge in [0.2, 0.25) is 0 Å². The molecule has 1 amide bonds. The number of esters is 1. The second-order valence-electron chi connectivity index (χ2n) is 6.97. The minimum Gasteiger partial charge on any atom is -0.465 e. The van der Waals surface area contributed by atoms with Crippen molar-refractivity contribution < 1.29 is 19.1 Å². The van der Waals surface area contributed by atoms with E-state index < -0.39 is 12.1 Å². The van der Waals surface area contributed by atoms with E-state index in [-0.39, 0.29) is 6.10 Å². The molecule has 24 heavy (non-hydrogen) atoms. The highest BCUT2D eigenvalue weighted by Gasteiger charge is 2.33. The Morgan fingerprint density at radius 2 is 2.00 bits per heavy atom. The molecule has 0 bridgehead atoms. The second kappa shape index (κ2) is 8.18. The second-order valence-corrected chi connectivity index (χ2v) is 6.97. The highest BCUT2D eigenvalue weighted by atomic mass is 16.6. The van der Waals surface area contributed by atoms with E-state index in [0.717, 1.165) is 12.8 Å². The maximum atomic E-state index is 12.3. The van der Waals surface area contributed by atoms with Gasteiger partial charge in [0.05, 0.1) is 12.7 Å². The van der Waals surface area contributed by atoms with Gasteiger partial charge >= 0.3 is 12.1 Å². The molecule has 0 saturated heterocycles. The van der Waals surface area contributed by atoms with Crippen LogP contribution in [0, 0.1) is 17.8 Å². The molecule has 0 spiro atoms. The largest absolute Gasteiger partial charge is 0.465 e. The number of benzene rings is 1. The molecule has 0 aromatic heterocycles. The van der Waals surface area contributed by atoms with Crippen LogP contribution in [0.2, 0.25) is 0 Å². The van der Waals surface area contributed by atoms with Gasteiger partial charge < -0.3 is 9.47 Å². The van der Waals surface area contributed by atoms with Crippen LogP contribution in [0.15, 0.2) is 24.3 Å². The highest BCUT2D eigenvalue weighted by Crippen LogP contribution is 2.35. The topological polar surface area (TPSA) is 64.6 Å². The molecule has 3 atom stereocenters. The Labute approximate surface area is 143 Å². The number of nitrogens with one attached hydrogen (secondary N) is 1. The van der Waals surface area contributed by atoms with Gasteiger partial charge in [-0.25, -0.2) is 9.59 Å². The van der Waals surface area contributed by atoms with E-state index in [0.29, 0.717) is 29.0 Å². The van der Waals surface area contributed by atoms with Gasteiger partial charge in [-0.1, -0.05) is 33.3 Å². The monoisotopic (exact) mass is 333 g/mol. The molecule has 0 aliphatic heterocycles. The van der Waals surface area contributed by atoms with E-state index in [1.165, 1.54) is 13.5 Å². The van der Waals surface area contributed by atoms with E-state index in [1.54, 1.807) is 24.3 Å². The molecule has 1 aromatic rings. The SMILES string of the molecule is COC(=O)c1cccc(NC(=O)OC2CC(C)CCC2C(C)C)c1. The molecule has 1 saturated carbocycles. The first-order valence-electron chi connectivity index (χ1n) is 8.56. The molecule has 0 heterocycles. The first-order chi connectivity index (χ1) is 11.4. The number of carbonyl (C=O) groups is 2. The number of ether oxygens (including phenoxy) is 2. The van der Waals surface area contributed by atoms with Crippen LogP contribution in [0.5, 0.6) is 0 Å². The number of amides is 1. The average molecular weight is 333 g/mol. The predicted octanol–water partition coefficient (Wildman–Crippen LogP) is 4.48. The Bertz CT molecular complexity index is 584. The van der Waals surface area contributed by atoms with Crippen LogP contribution in [0.25, 0.3) is 0 Å². The maximum absolute atomic E-state index is 12.3. The van der Waals surface area contributed by atoms with Crippen molar-refractivity contribution in [2.45, 2.75) is 46.1 Å². The summed E-state index contributed by atoms with van der Waals surface area (Å²) in [5, 5.41) is 2.71. The molecule has 132 valence electrons. The summed E-state index contributed by atoms with van der Waals surface area (Å²) in [6, 6.07) is 6.63. The smallest absolute Gasteiger partial charge is 0.411 e. The van der Waals surface area contributed by atoms with Gasteiger partial charge in [0.1, 0.15) is 6.10 Å². The first-order valence-corrected chi connectivity index (χ1v) is 8.56. The van der Waals surface area contributed by atoms with Crippen LogP contribution in [0.4, 0.5) is 10.5 Å². The number of anilines is 1. The zero-order valence-corrected chi connectivity index (χ0v) is 14.9.